The van der Waals surface area contributed by atoms with E-state index in [1.54, 1.807) is 0 Å². The fourth-order valence-electron chi connectivity index (χ4n) is 1.68. The summed E-state index contributed by atoms with van der Waals surface area (Å²) in [7, 11) is 0. The molecule has 0 bridgehead atoms. The maximum absolute atomic E-state index is 6.29. The molecule has 94 valence electrons. The van der Waals surface area contributed by atoms with Gasteiger partial charge < -0.3 is 4.74 Å². The van der Waals surface area contributed by atoms with Gasteiger partial charge in [0.15, 0.2) is 0 Å². The van der Waals surface area contributed by atoms with Crippen LogP contribution < -0.4 is 4.74 Å². The maximum atomic E-state index is 6.29. The summed E-state index contributed by atoms with van der Waals surface area (Å²) in [5, 5.41) is 1.67. The molecular formula is C15H14BrClO. The molecule has 0 radical (unpaired) electrons. The Morgan fingerprint density at radius 1 is 1.06 bits per heavy atom. The highest BCUT2D eigenvalue weighted by Gasteiger charge is 2.04. The van der Waals surface area contributed by atoms with E-state index in [4.69, 9.17) is 16.3 Å². The molecule has 0 aliphatic heterocycles. The normalized spacial score (nSPS) is 10.3. The lowest BCUT2D eigenvalue weighted by molar-refractivity contribution is 0.319. The lowest BCUT2D eigenvalue weighted by Crippen LogP contribution is -1.97. The minimum atomic E-state index is 0.701. The third kappa shape index (κ3) is 3.50. The molecule has 1 nitrogen and oxygen atoms in total. The van der Waals surface area contributed by atoms with Crippen LogP contribution in [-0.2, 0) is 0 Å². The number of halogens is 2. The van der Waals surface area contributed by atoms with Crippen LogP contribution in [0.25, 0.3) is 11.1 Å². The first-order chi connectivity index (χ1) is 8.81. The summed E-state index contributed by atoms with van der Waals surface area (Å²) in [6.07, 6.45) is 0.984. The fourth-order valence-corrected chi connectivity index (χ4v) is 2.19. The Balaban J connectivity index is 2.15. The monoisotopic (exact) mass is 324 g/mol. The Bertz CT molecular complexity index is 499. The number of benzene rings is 2. The number of rotatable bonds is 5. The highest BCUT2D eigenvalue weighted by Crippen LogP contribution is 2.30. The van der Waals surface area contributed by atoms with Gasteiger partial charge in [0.2, 0.25) is 0 Å². The molecule has 0 unspecified atom stereocenters. The smallest absolute Gasteiger partial charge is 0.120 e. The van der Waals surface area contributed by atoms with Crippen molar-refractivity contribution in [1.29, 1.82) is 0 Å². The molecule has 0 atom stereocenters. The van der Waals surface area contributed by atoms with E-state index in [1.165, 1.54) is 0 Å². The molecular weight excluding hydrogens is 312 g/mol. The van der Waals surface area contributed by atoms with E-state index < -0.39 is 0 Å². The largest absolute Gasteiger partial charge is 0.494 e. The van der Waals surface area contributed by atoms with Crippen LogP contribution in [-0.4, -0.2) is 11.9 Å². The molecule has 0 amide bonds. The molecule has 2 rings (SSSR count). The number of alkyl halides is 1. The number of hydrogen-bond donors (Lipinski definition) is 0. The molecule has 0 aliphatic carbocycles. The van der Waals surface area contributed by atoms with Gasteiger partial charge in [-0.2, -0.15) is 0 Å². The van der Waals surface area contributed by atoms with E-state index >= 15 is 0 Å². The Hall–Kier alpha value is -0.990. The molecule has 0 aromatic heterocycles. The van der Waals surface area contributed by atoms with Crippen LogP contribution in [0.5, 0.6) is 5.75 Å². The predicted octanol–water partition coefficient (Wildman–Crippen LogP) is 5.17. The van der Waals surface area contributed by atoms with Gasteiger partial charge in [-0.15, -0.1) is 0 Å². The summed E-state index contributed by atoms with van der Waals surface area (Å²) in [5.74, 6) is 0.820. The zero-order valence-corrected chi connectivity index (χ0v) is 12.2. The van der Waals surface area contributed by atoms with Crippen LogP contribution in [0.4, 0.5) is 0 Å². The number of hydrogen-bond acceptors (Lipinski definition) is 1. The van der Waals surface area contributed by atoms with Gasteiger partial charge in [0.1, 0.15) is 5.75 Å². The van der Waals surface area contributed by atoms with Crippen molar-refractivity contribution in [1.82, 2.24) is 0 Å². The highest BCUT2D eigenvalue weighted by molar-refractivity contribution is 9.09. The summed E-state index contributed by atoms with van der Waals surface area (Å²) in [5.41, 5.74) is 2.15. The first-order valence-corrected chi connectivity index (χ1v) is 7.35. The highest BCUT2D eigenvalue weighted by atomic mass is 79.9. The van der Waals surface area contributed by atoms with Crippen LogP contribution in [0.2, 0.25) is 5.02 Å². The maximum Gasteiger partial charge on any atom is 0.120 e. The van der Waals surface area contributed by atoms with Crippen LogP contribution >= 0.6 is 27.5 Å². The molecule has 0 saturated heterocycles. The van der Waals surface area contributed by atoms with Gasteiger partial charge in [0, 0.05) is 10.9 Å². The summed E-state index contributed by atoms with van der Waals surface area (Å²) in [6, 6.07) is 15.9. The second-order valence-electron chi connectivity index (χ2n) is 3.90. The molecule has 18 heavy (non-hydrogen) atoms. The van der Waals surface area contributed by atoms with Crippen LogP contribution in [0.3, 0.4) is 0 Å². The van der Waals surface area contributed by atoms with Crippen LogP contribution in [0.15, 0.2) is 48.5 Å². The standard InChI is InChI=1S/C15H14BrClO/c16-9-4-10-18-13-7-8-14(15(17)11-13)12-5-2-1-3-6-12/h1-3,5-8,11H,4,9-10H2. The van der Waals surface area contributed by atoms with Crippen molar-refractivity contribution in [2.45, 2.75) is 6.42 Å². The zero-order chi connectivity index (χ0) is 12.8. The molecule has 0 fully saturated rings. The fraction of sp³-hybridized carbons (Fsp3) is 0.200. The van der Waals surface area contributed by atoms with Gasteiger partial charge in [-0.3, -0.25) is 0 Å². The lowest BCUT2D eigenvalue weighted by Gasteiger charge is -2.09. The Kier molecular flexibility index (Phi) is 5.09. The minimum Gasteiger partial charge on any atom is -0.494 e. The summed E-state index contributed by atoms with van der Waals surface area (Å²) < 4.78 is 5.60. The Morgan fingerprint density at radius 3 is 2.50 bits per heavy atom. The molecule has 0 N–H and O–H groups in total. The van der Waals surface area contributed by atoms with E-state index in [0.29, 0.717) is 6.61 Å². The summed E-state index contributed by atoms with van der Waals surface area (Å²) >= 11 is 9.66. The SMILES string of the molecule is Clc1cc(OCCCBr)ccc1-c1ccccc1. The van der Waals surface area contributed by atoms with Crippen LogP contribution in [0, 0.1) is 0 Å². The molecule has 0 saturated carbocycles. The van der Waals surface area contributed by atoms with E-state index in [-0.39, 0.29) is 0 Å². The average molecular weight is 326 g/mol. The molecule has 0 aliphatic rings. The summed E-state index contributed by atoms with van der Waals surface area (Å²) in [4.78, 5) is 0. The Morgan fingerprint density at radius 2 is 1.83 bits per heavy atom. The average Bonchev–Trinajstić information content (AvgIpc) is 2.40. The van der Waals surface area contributed by atoms with Gasteiger partial charge >= 0.3 is 0 Å². The van der Waals surface area contributed by atoms with Crippen molar-refractivity contribution < 1.29 is 4.74 Å². The van der Waals surface area contributed by atoms with Gasteiger partial charge in [0.25, 0.3) is 0 Å². The first kappa shape index (κ1) is 13.4. The van der Waals surface area contributed by atoms with E-state index in [0.717, 1.165) is 33.6 Å². The minimum absolute atomic E-state index is 0.701. The Labute approximate surface area is 121 Å². The number of ether oxygens (including phenoxy) is 1. The first-order valence-electron chi connectivity index (χ1n) is 5.85. The van der Waals surface area contributed by atoms with Crippen LogP contribution in [0.1, 0.15) is 6.42 Å². The predicted molar refractivity (Wildman–Crippen MR) is 80.8 cm³/mol. The molecule has 0 spiro atoms. The van der Waals surface area contributed by atoms with Crippen molar-refractivity contribution >= 4 is 27.5 Å². The van der Waals surface area contributed by atoms with Gasteiger partial charge in [0.05, 0.1) is 11.6 Å². The lowest BCUT2D eigenvalue weighted by atomic mass is 10.1. The zero-order valence-electron chi connectivity index (χ0n) is 9.90. The third-order valence-electron chi connectivity index (χ3n) is 2.57. The van der Waals surface area contributed by atoms with E-state index in [1.807, 2.05) is 48.5 Å². The van der Waals surface area contributed by atoms with E-state index in [9.17, 15) is 0 Å². The van der Waals surface area contributed by atoms with Crippen molar-refractivity contribution in [2.24, 2.45) is 0 Å². The molecule has 2 aromatic carbocycles. The second-order valence-corrected chi connectivity index (χ2v) is 5.10. The van der Waals surface area contributed by atoms with Gasteiger partial charge in [-0.25, -0.2) is 0 Å². The summed E-state index contributed by atoms with van der Waals surface area (Å²) in [6.45, 7) is 0.701. The van der Waals surface area contributed by atoms with Crippen molar-refractivity contribution in [3.8, 4) is 16.9 Å². The van der Waals surface area contributed by atoms with Crippen molar-refractivity contribution in [3.05, 3.63) is 53.6 Å². The third-order valence-corrected chi connectivity index (χ3v) is 3.45. The van der Waals surface area contributed by atoms with Crippen molar-refractivity contribution in [3.63, 3.8) is 0 Å². The topological polar surface area (TPSA) is 9.23 Å². The molecule has 2 aromatic rings. The van der Waals surface area contributed by atoms with Gasteiger partial charge in [-0.05, 0) is 30.2 Å². The second kappa shape index (κ2) is 6.81. The van der Waals surface area contributed by atoms with Gasteiger partial charge in [-0.1, -0.05) is 57.9 Å². The quantitative estimate of drug-likeness (QED) is 0.544. The molecule has 0 heterocycles. The van der Waals surface area contributed by atoms with Crippen molar-refractivity contribution in [2.75, 3.05) is 11.9 Å². The molecule has 3 heteroatoms. The van der Waals surface area contributed by atoms with E-state index in [2.05, 4.69) is 15.9 Å².